The van der Waals surface area contributed by atoms with Crippen LogP contribution in [0.2, 0.25) is 0 Å². The minimum absolute atomic E-state index is 0.0922. The molecule has 0 amide bonds. The van der Waals surface area contributed by atoms with E-state index in [0.29, 0.717) is 6.42 Å². The van der Waals surface area contributed by atoms with Crippen LogP contribution in [0, 0.1) is 0 Å². The van der Waals surface area contributed by atoms with E-state index >= 15 is 0 Å². The summed E-state index contributed by atoms with van der Waals surface area (Å²) in [6.45, 7) is 4.07. The molecule has 2 N–H and O–H groups in total. The van der Waals surface area contributed by atoms with Crippen LogP contribution in [-0.4, -0.2) is 41.4 Å². The van der Waals surface area contributed by atoms with Crippen LogP contribution < -0.4 is 0 Å². The Bertz CT molecular complexity index is 793. The highest BCUT2D eigenvalue weighted by atomic mass is 32.2. The van der Waals surface area contributed by atoms with Crippen LogP contribution in [-0.2, 0) is 20.3 Å². The minimum atomic E-state index is -4.23. The third-order valence-electron chi connectivity index (χ3n) is 4.73. The predicted molar refractivity (Wildman–Crippen MR) is 90.9 cm³/mol. The molecule has 0 saturated carbocycles. The molecule has 1 aliphatic heterocycles. The van der Waals surface area contributed by atoms with Crippen molar-refractivity contribution < 1.29 is 27.4 Å². The lowest BCUT2D eigenvalue weighted by molar-refractivity contribution is -0.404. The third kappa shape index (κ3) is 3.67. The van der Waals surface area contributed by atoms with E-state index in [1.807, 2.05) is 20.9 Å². The summed E-state index contributed by atoms with van der Waals surface area (Å²) in [5.74, 6) is -0.772. The van der Waals surface area contributed by atoms with Crippen LogP contribution in [0.25, 0.3) is 0 Å². The van der Waals surface area contributed by atoms with Gasteiger partial charge in [-0.25, -0.2) is 4.58 Å². The molecule has 0 spiro atoms. The van der Waals surface area contributed by atoms with Crippen molar-refractivity contribution in [2.24, 2.45) is 0 Å². The number of hydrogen-bond donors (Lipinski definition) is 2. The summed E-state index contributed by atoms with van der Waals surface area (Å²) < 4.78 is 34.1. The smallest absolute Gasteiger partial charge is 0.303 e. The fourth-order valence-corrected chi connectivity index (χ4v) is 3.92. The Morgan fingerprint density at radius 2 is 1.88 bits per heavy atom. The van der Waals surface area contributed by atoms with Gasteiger partial charge in [0.1, 0.15) is 7.05 Å². The van der Waals surface area contributed by atoms with Gasteiger partial charge in [-0.15, -0.1) is 0 Å². The Hall–Kier alpha value is -1.73. The van der Waals surface area contributed by atoms with Crippen molar-refractivity contribution in [3.05, 3.63) is 23.8 Å². The number of aliphatic carboxylic acids is 1. The zero-order valence-corrected chi connectivity index (χ0v) is 15.1. The van der Waals surface area contributed by atoms with Crippen molar-refractivity contribution >= 4 is 27.5 Å². The van der Waals surface area contributed by atoms with Gasteiger partial charge in [0, 0.05) is 24.5 Å². The molecule has 0 radical (unpaired) electrons. The predicted octanol–water partition coefficient (Wildman–Crippen LogP) is 2.97. The number of nitrogens with zero attached hydrogens (tertiary/aromatic N) is 1. The molecule has 0 unspecified atom stereocenters. The Morgan fingerprint density at radius 1 is 1.21 bits per heavy atom. The quantitative estimate of drug-likeness (QED) is 0.446. The SMILES string of the molecule is C[N+]1=C(CCCCCC(=O)O)C(C)(C)c2cc(S(=O)(=O)O)ccc21. The molecular weight excluding hydrogens is 330 g/mol. The Balaban J connectivity index is 2.19. The second-order valence-corrected chi connectivity index (χ2v) is 8.16. The van der Waals surface area contributed by atoms with E-state index in [1.54, 1.807) is 12.1 Å². The molecular formula is C17H24NO5S+. The highest BCUT2D eigenvalue weighted by Crippen LogP contribution is 2.41. The van der Waals surface area contributed by atoms with Crippen molar-refractivity contribution in [3.63, 3.8) is 0 Å². The van der Waals surface area contributed by atoms with Crippen LogP contribution in [0.15, 0.2) is 23.1 Å². The van der Waals surface area contributed by atoms with Crippen LogP contribution in [0.5, 0.6) is 0 Å². The van der Waals surface area contributed by atoms with Crippen LogP contribution in [0.1, 0.15) is 51.5 Å². The van der Waals surface area contributed by atoms with Gasteiger partial charge in [-0.3, -0.25) is 9.35 Å². The number of carbonyl (C=O) groups is 1. The maximum Gasteiger partial charge on any atom is 0.303 e. The molecule has 6 nitrogen and oxygen atoms in total. The van der Waals surface area contributed by atoms with E-state index in [1.165, 1.54) is 11.8 Å². The molecule has 1 heterocycles. The fourth-order valence-electron chi connectivity index (χ4n) is 3.41. The number of hydrogen-bond acceptors (Lipinski definition) is 3. The summed E-state index contributed by atoms with van der Waals surface area (Å²) in [5.41, 5.74) is 2.64. The van der Waals surface area contributed by atoms with Gasteiger partial charge < -0.3 is 5.11 Å². The van der Waals surface area contributed by atoms with E-state index in [-0.39, 0.29) is 16.7 Å². The zero-order valence-electron chi connectivity index (χ0n) is 14.2. The lowest BCUT2D eigenvalue weighted by Gasteiger charge is -2.18. The highest BCUT2D eigenvalue weighted by Gasteiger charge is 2.44. The number of rotatable bonds is 7. The largest absolute Gasteiger partial charge is 0.481 e. The topological polar surface area (TPSA) is 94.7 Å². The maximum absolute atomic E-state index is 11.4. The maximum atomic E-state index is 11.4. The van der Waals surface area contributed by atoms with Gasteiger partial charge in [0.25, 0.3) is 10.1 Å². The molecule has 0 aromatic heterocycles. The van der Waals surface area contributed by atoms with Crippen LogP contribution in [0.4, 0.5) is 5.69 Å². The van der Waals surface area contributed by atoms with Crippen molar-refractivity contribution in [2.75, 3.05) is 7.05 Å². The Morgan fingerprint density at radius 3 is 2.46 bits per heavy atom. The Labute approximate surface area is 142 Å². The first-order valence-corrected chi connectivity index (χ1v) is 9.43. The van der Waals surface area contributed by atoms with Gasteiger partial charge in [-0.2, -0.15) is 8.42 Å². The van der Waals surface area contributed by atoms with Crippen molar-refractivity contribution in [3.8, 4) is 0 Å². The van der Waals surface area contributed by atoms with Crippen molar-refractivity contribution in [1.82, 2.24) is 0 Å². The van der Waals surface area contributed by atoms with Gasteiger partial charge in [-0.05, 0) is 38.8 Å². The first-order chi connectivity index (χ1) is 11.0. The summed E-state index contributed by atoms with van der Waals surface area (Å²) in [5, 5.41) is 8.68. The van der Waals surface area contributed by atoms with E-state index in [9.17, 15) is 17.8 Å². The van der Waals surface area contributed by atoms with E-state index in [4.69, 9.17) is 5.11 Å². The van der Waals surface area contributed by atoms with Crippen molar-refractivity contribution in [2.45, 2.75) is 56.3 Å². The molecule has 7 heteroatoms. The Kier molecular flexibility index (Phi) is 5.15. The average molecular weight is 354 g/mol. The third-order valence-corrected chi connectivity index (χ3v) is 5.58. The van der Waals surface area contributed by atoms with Gasteiger partial charge in [0.15, 0.2) is 5.71 Å². The molecule has 24 heavy (non-hydrogen) atoms. The minimum Gasteiger partial charge on any atom is -0.481 e. The monoisotopic (exact) mass is 354 g/mol. The molecule has 1 aromatic rings. The molecule has 132 valence electrons. The van der Waals surface area contributed by atoms with Gasteiger partial charge in [0.05, 0.1) is 10.3 Å². The van der Waals surface area contributed by atoms with Crippen LogP contribution in [0.3, 0.4) is 0 Å². The summed E-state index contributed by atoms with van der Waals surface area (Å²) in [7, 11) is -2.27. The molecule has 0 fully saturated rings. The lowest BCUT2D eigenvalue weighted by Crippen LogP contribution is -2.28. The summed E-state index contributed by atoms with van der Waals surface area (Å²) in [6, 6.07) is 4.67. The molecule has 1 aromatic carbocycles. The second kappa shape index (κ2) is 6.64. The molecule has 0 aliphatic carbocycles. The number of fused-ring (bicyclic) bond motifs is 1. The van der Waals surface area contributed by atoms with Crippen LogP contribution >= 0.6 is 0 Å². The van der Waals surface area contributed by atoms with Gasteiger partial charge >= 0.3 is 5.97 Å². The summed E-state index contributed by atoms with van der Waals surface area (Å²) >= 11 is 0. The highest BCUT2D eigenvalue weighted by molar-refractivity contribution is 7.85. The number of carboxylic acid groups (broad SMARTS) is 1. The molecule has 0 atom stereocenters. The molecule has 2 rings (SSSR count). The normalized spacial score (nSPS) is 16.3. The molecule has 1 aliphatic rings. The lowest BCUT2D eigenvalue weighted by atomic mass is 9.80. The van der Waals surface area contributed by atoms with E-state index in [0.717, 1.165) is 30.5 Å². The summed E-state index contributed by atoms with van der Waals surface area (Å²) in [6.07, 6.45) is 3.39. The first kappa shape index (κ1) is 18.6. The standard InChI is InChI=1S/C17H23NO5S/c1-17(2)13-11-12(24(21,22)23)9-10-14(13)18(3)15(17)7-5-4-6-8-16(19)20/h9-11H,4-8H2,1-3H3,(H-,19,20,21,22,23)/p+1. The van der Waals surface area contributed by atoms with E-state index in [2.05, 4.69) is 4.58 Å². The summed E-state index contributed by atoms with van der Waals surface area (Å²) in [4.78, 5) is 10.5. The second-order valence-electron chi connectivity index (χ2n) is 6.74. The number of unbranched alkanes of at least 4 members (excludes halogenated alkanes) is 2. The molecule has 0 saturated heterocycles. The number of carboxylic acids is 1. The van der Waals surface area contributed by atoms with E-state index < -0.39 is 16.1 Å². The fraction of sp³-hybridized carbons (Fsp3) is 0.529. The average Bonchev–Trinajstić information content (AvgIpc) is 2.66. The number of benzene rings is 1. The van der Waals surface area contributed by atoms with Gasteiger partial charge in [0.2, 0.25) is 5.69 Å². The van der Waals surface area contributed by atoms with Crippen molar-refractivity contribution in [1.29, 1.82) is 0 Å². The van der Waals surface area contributed by atoms with Gasteiger partial charge in [-0.1, -0.05) is 6.42 Å². The molecule has 0 bridgehead atoms. The zero-order chi connectivity index (χ0) is 18.1. The first-order valence-electron chi connectivity index (χ1n) is 7.99.